The second-order valence-electron chi connectivity index (χ2n) is 7.72. The molecule has 2 N–H and O–H groups in total. The van der Waals surface area contributed by atoms with Crippen LogP contribution < -0.4 is 0 Å². The predicted octanol–water partition coefficient (Wildman–Crippen LogP) is 3.29. The first-order valence-corrected chi connectivity index (χ1v) is 10.9. The molecule has 4 unspecified atom stereocenters. The summed E-state index contributed by atoms with van der Waals surface area (Å²) >= 11 is 0. The summed E-state index contributed by atoms with van der Waals surface area (Å²) in [6.45, 7) is 0.595. The molecule has 3 aromatic carbocycles. The zero-order valence-corrected chi connectivity index (χ0v) is 18.4. The molecule has 0 aliphatic heterocycles. The van der Waals surface area contributed by atoms with E-state index in [0.29, 0.717) is 12.9 Å². The third kappa shape index (κ3) is 8.20. The largest absolute Gasteiger partial charge is 0.388 e. The molecule has 3 rings (SSSR count). The minimum absolute atomic E-state index is 0.0505. The lowest BCUT2D eigenvalue weighted by Crippen LogP contribution is -2.49. The molecule has 0 heterocycles. The Hall–Kier alpha value is -2.87. The van der Waals surface area contributed by atoms with Gasteiger partial charge in [-0.2, -0.15) is 0 Å². The minimum Gasteiger partial charge on any atom is -0.388 e. The van der Waals surface area contributed by atoms with Gasteiger partial charge in [-0.3, -0.25) is 0 Å². The van der Waals surface area contributed by atoms with Gasteiger partial charge in [0.1, 0.15) is 24.4 Å². The molecule has 33 heavy (non-hydrogen) atoms. The summed E-state index contributed by atoms with van der Waals surface area (Å²) in [5, 5.41) is 21.3. The number of aliphatic hydroxyl groups is 2. The Bertz CT molecular complexity index is 919. The molecule has 6 nitrogen and oxygen atoms in total. The zero-order chi connectivity index (χ0) is 23.3. The van der Waals surface area contributed by atoms with Gasteiger partial charge in [0, 0.05) is 0 Å². The van der Waals surface area contributed by atoms with Gasteiger partial charge in [-0.25, -0.2) is 0 Å². The van der Waals surface area contributed by atoms with E-state index >= 15 is 0 Å². The van der Waals surface area contributed by atoms with Gasteiger partial charge in [0.05, 0.1) is 26.4 Å². The summed E-state index contributed by atoms with van der Waals surface area (Å²) in [4.78, 5) is 11.5. The Kier molecular flexibility index (Phi) is 10.2. The molecule has 0 saturated carbocycles. The van der Waals surface area contributed by atoms with Crippen LogP contribution in [0.2, 0.25) is 0 Å². The van der Waals surface area contributed by atoms with E-state index in [0.717, 1.165) is 16.7 Å². The number of ether oxygens (including phenoxy) is 3. The summed E-state index contributed by atoms with van der Waals surface area (Å²) in [5.41, 5.74) is 2.73. The van der Waals surface area contributed by atoms with Crippen molar-refractivity contribution < 1.29 is 29.2 Å². The van der Waals surface area contributed by atoms with Crippen LogP contribution in [-0.4, -0.2) is 47.5 Å². The normalized spacial score (nSPS) is 14.8. The molecule has 0 fully saturated rings. The number of carbonyl (C=O) groups is 1. The zero-order valence-electron chi connectivity index (χ0n) is 18.4. The van der Waals surface area contributed by atoms with Gasteiger partial charge in [-0.05, 0) is 16.7 Å². The Morgan fingerprint density at radius 1 is 0.636 bits per heavy atom. The molecule has 6 heteroatoms. The molecule has 0 spiro atoms. The lowest BCUT2D eigenvalue weighted by atomic mass is 10.0. The first-order valence-electron chi connectivity index (χ1n) is 10.9. The van der Waals surface area contributed by atoms with E-state index in [1.807, 2.05) is 91.0 Å². The van der Waals surface area contributed by atoms with Gasteiger partial charge in [-0.15, -0.1) is 0 Å². The maximum absolute atomic E-state index is 11.5. The van der Waals surface area contributed by atoms with Crippen molar-refractivity contribution in [3.63, 3.8) is 0 Å². The first kappa shape index (κ1) is 24.8. The third-order valence-corrected chi connectivity index (χ3v) is 5.15. The molecular formula is C27H30O6. The molecule has 0 amide bonds. The number of rotatable bonds is 14. The van der Waals surface area contributed by atoms with Crippen molar-refractivity contribution in [3.8, 4) is 0 Å². The first-order chi connectivity index (χ1) is 16.2. The number of hydrogen-bond acceptors (Lipinski definition) is 6. The maximum atomic E-state index is 11.5. The lowest BCUT2D eigenvalue weighted by Gasteiger charge is -2.32. The van der Waals surface area contributed by atoms with Crippen LogP contribution in [0, 0.1) is 0 Å². The second kappa shape index (κ2) is 13.6. The van der Waals surface area contributed by atoms with E-state index in [9.17, 15) is 15.0 Å². The number of aldehydes is 1. The molecule has 0 aliphatic carbocycles. The van der Waals surface area contributed by atoms with E-state index < -0.39 is 24.4 Å². The third-order valence-electron chi connectivity index (χ3n) is 5.15. The van der Waals surface area contributed by atoms with Crippen LogP contribution in [0.1, 0.15) is 16.7 Å². The van der Waals surface area contributed by atoms with Crippen molar-refractivity contribution in [2.75, 3.05) is 6.61 Å². The molecule has 4 atom stereocenters. The highest BCUT2D eigenvalue weighted by Crippen LogP contribution is 2.18. The fourth-order valence-corrected chi connectivity index (χ4v) is 3.39. The average Bonchev–Trinajstić information content (AvgIpc) is 2.87. The predicted molar refractivity (Wildman–Crippen MR) is 124 cm³/mol. The highest BCUT2D eigenvalue weighted by Gasteiger charge is 2.35. The highest BCUT2D eigenvalue weighted by molar-refractivity contribution is 5.56. The standard InChI is InChI=1S/C27H30O6/c28-16-24(29)26(32-18-22-12-6-2-7-13-22)27(33-19-23-14-8-3-9-15-23)25(30)20-31-17-21-10-4-1-5-11-21/h1-16,24-27,29-30H,17-20H2. The number of benzene rings is 3. The van der Waals surface area contributed by atoms with Crippen LogP contribution in [0.15, 0.2) is 91.0 Å². The number of hydrogen-bond donors (Lipinski definition) is 2. The van der Waals surface area contributed by atoms with E-state index in [4.69, 9.17) is 14.2 Å². The van der Waals surface area contributed by atoms with Gasteiger partial charge in [0.2, 0.25) is 0 Å². The average molecular weight is 451 g/mol. The van der Waals surface area contributed by atoms with Gasteiger partial charge in [0.25, 0.3) is 0 Å². The van der Waals surface area contributed by atoms with Crippen LogP contribution in [0.3, 0.4) is 0 Å². The molecule has 0 aromatic heterocycles. The van der Waals surface area contributed by atoms with Crippen LogP contribution in [0.4, 0.5) is 0 Å². The van der Waals surface area contributed by atoms with E-state index in [-0.39, 0.29) is 19.8 Å². The van der Waals surface area contributed by atoms with E-state index in [1.165, 1.54) is 0 Å². The van der Waals surface area contributed by atoms with Crippen LogP contribution >= 0.6 is 0 Å². The van der Waals surface area contributed by atoms with Crippen molar-refractivity contribution >= 4 is 6.29 Å². The quantitative estimate of drug-likeness (QED) is 0.367. The van der Waals surface area contributed by atoms with Crippen molar-refractivity contribution in [1.82, 2.24) is 0 Å². The SMILES string of the molecule is O=CC(O)C(OCc1ccccc1)C(OCc1ccccc1)C(O)COCc1ccccc1. The van der Waals surface area contributed by atoms with Gasteiger partial charge >= 0.3 is 0 Å². The highest BCUT2D eigenvalue weighted by atomic mass is 16.6. The molecule has 3 aromatic rings. The lowest BCUT2D eigenvalue weighted by molar-refractivity contribution is -0.176. The molecule has 0 saturated heterocycles. The minimum atomic E-state index is -1.47. The summed E-state index contributed by atoms with van der Waals surface area (Å²) in [7, 11) is 0. The van der Waals surface area contributed by atoms with Crippen molar-refractivity contribution in [2.45, 2.75) is 44.2 Å². The van der Waals surface area contributed by atoms with Crippen LogP contribution in [0.25, 0.3) is 0 Å². The molecule has 0 radical (unpaired) electrons. The molecule has 174 valence electrons. The Morgan fingerprint density at radius 3 is 1.52 bits per heavy atom. The van der Waals surface area contributed by atoms with Crippen molar-refractivity contribution in [2.24, 2.45) is 0 Å². The van der Waals surface area contributed by atoms with Gasteiger partial charge in [-0.1, -0.05) is 91.0 Å². The van der Waals surface area contributed by atoms with Crippen molar-refractivity contribution in [3.05, 3.63) is 108 Å². The topological polar surface area (TPSA) is 85.2 Å². The Balaban J connectivity index is 1.70. The summed E-state index contributed by atoms with van der Waals surface area (Å²) < 4.78 is 17.6. The summed E-state index contributed by atoms with van der Waals surface area (Å²) in [6.07, 6.45) is -4.29. The fourth-order valence-electron chi connectivity index (χ4n) is 3.39. The van der Waals surface area contributed by atoms with Crippen LogP contribution in [-0.2, 0) is 38.8 Å². The number of carbonyl (C=O) groups excluding carboxylic acids is 1. The molecule has 0 aliphatic rings. The fraction of sp³-hybridized carbons (Fsp3) is 0.296. The molecular weight excluding hydrogens is 420 g/mol. The van der Waals surface area contributed by atoms with Crippen molar-refractivity contribution in [1.29, 1.82) is 0 Å². The van der Waals surface area contributed by atoms with E-state index in [2.05, 4.69) is 0 Å². The van der Waals surface area contributed by atoms with Crippen LogP contribution in [0.5, 0.6) is 0 Å². The second-order valence-corrected chi connectivity index (χ2v) is 7.72. The molecule has 0 bridgehead atoms. The van der Waals surface area contributed by atoms with Gasteiger partial charge in [0.15, 0.2) is 6.29 Å². The Morgan fingerprint density at radius 2 is 1.06 bits per heavy atom. The van der Waals surface area contributed by atoms with E-state index in [1.54, 1.807) is 0 Å². The Labute approximate surface area is 194 Å². The summed E-state index contributed by atoms with van der Waals surface area (Å²) in [5.74, 6) is 0. The monoisotopic (exact) mass is 450 g/mol. The van der Waals surface area contributed by atoms with Gasteiger partial charge < -0.3 is 29.2 Å². The number of aliphatic hydroxyl groups excluding tert-OH is 2. The smallest absolute Gasteiger partial charge is 0.151 e. The summed E-state index contributed by atoms with van der Waals surface area (Å²) in [6, 6.07) is 28.5. The maximum Gasteiger partial charge on any atom is 0.151 e.